The molecule has 7 nitrogen and oxygen atoms in total. The third kappa shape index (κ3) is 3.37. The highest BCUT2D eigenvalue weighted by Gasteiger charge is 2.62. The van der Waals surface area contributed by atoms with Crippen molar-refractivity contribution < 1.29 is 28.5 Å². The van der Waals surface area contributed by atoms with Crippen molar-refractivity contribution in [2.24, 2.45) is 0 Å². The van der Waals surface area contributed by atoms with Crippen molar-refractivity contribution in [3.05, 3.63) is 35.9 Å². The minimum atomic E-state index is -0.829. The van der Waals surface area contributed by atoms with Crippen LogP contribution in [0.4, 0.5) is 0 Å². The molecule has 0 saturated carbocycles. The molecule has 0 aromatic heterocycles. The topological polar surface area (TPSA) is 75.3 Å². The lowest BCUT2D eigenvalue weighted by atomic mass is 9.98. The Hall–Kier alpha value is -1.51. The zero-order chi connectivity index (χ0) is 18.5. The molecule has 26 heavy (non-hydrogen) atoms. The number of hydrogen-bond donors (Lipinski definition) is 1. The molecule has 5 atom stereocenters. The van der Waals surface area contributed by atoms with Crippen LogP contribution in [0.25, 0.3) is 0 Å². The van der Waals surface area contributed by atoms with Crippen molar-refractivity contribution in [2.45, 2.75) is 76.5 Å². The molecule has 1 aromatic rings. The molecular weight excluding hydrogens is 338 g/mol. The first-order valence-electron chi connectivity index (χ1n) is 8.92. The SMILES string of the molecule is CC1(C)O[C@@H]2O[C@@H](C(=O)NCc3ccccc3)[C@H]3OC(C)(C)O[C@@H]3[C@H]2O1. The van der Waals surface area contributed by atoms with Gasteiger partial charge in [-0.05, 0) is 33.3 Å². The fourth-order valence-electron chi connectivity index (χ4n) is 3.71. The highest BCUT2D eigenvalue weighted by atomic mass is 16.9. The maximum Gasteiger partial charge on any atom is 0.252 e. The number of benzene rings is 1. The Morgan fingerprint density at radius 2 is 1.54 bits per heavy atom. The van der Waals surface area contributed by atoms with Gasteiger partial charge in [0.05, 0.1) is 0 Å². The smallest absolute Gasteiger partial charge is 0.252 e. The average molecular weight is 363 g/mol. The quantitative estimate of drug-likeness (QED) is 0.881. The Morgan fingerprint density at radius 1 is 0.923 bits per heavy atom. The summed E-state index contributed by atoms with van der Waals surface area (Å²) in [4.78, 5) is 12.8. The Balaban J connectivity index is 1.51. The van der Waals surface area contributed by atoms with Crippen LogP contribution in [0.5, 0.6) is 0 Å². The van der Waals surface area contributed by atoms with E-state index >= 15 is 0 Å². The molecule has 1 aromatic carbocycles. The number of amides is 1. The van der Waals surface area contributed by atoms with Gasteiger partial charge in [0.15, 0.2) is 24.0 Å². The van der Waals surface area contributed by atoms with Crippen molar-refractivity contribution in [1.29, 1.82) is 0 Å². The largest absolute Gasteiger partial charge is 0.350 e. The van der Waals surface area contributed by atoms with Crippen LogP contribution >= 0.6 is 0 Å². The number of hydrogen-bond acceptors (Lipinski definition) is 6. The van der Waals surface area contributed by atoms with E-state index in [-0.39, 0.29) is 5.91 Å². The van der Waals surface area contributed by atoms with Gasteiger partial charge in [-0.15, -0.1) is 0 Å². The number of fused-ring (bicyclic) bond motifs is 3. The van der Waals surface area contributed by atoms with Crippen LogP contribution in [-0.4, -0.2) is 48.2 Å². The van der Waals surface area contributed by atoms with Gasteiger partial charge < -0.3 is 29.0 Å². The number of rotatable bonds is 3. The molecule has 0 aliphatic carbocycles. The minimum Gasteiger partial charge on any atom is -0.350 e. The highest BCUT2D eigenvalue weighted by Crippen LogP contribution is 2.44. The summed E-state index contributed by atoms with van der Waals surface area (Å²) in [6.45, 7) is 7.68. The summed E-state index contributed by atoms with van der Waals surface area (Å²) in [5.74, 6) is -1.87. The van der Waals surface area contributed by atoms with E-state index in [4.69, 9.17) is 23.7 Å². The number of carbonyl (C=O) groups is 1. The maximum atomic E-state index is 12.8. The lowest BCUT2D eigenvalue weighted by Gasteiger charge is -2.36. The molecule has 0 spiro atoms. The van der Waals surface area contributed by atoms with Gasteiger partial charge in [-0.3, -0.25) is 4.79 Å². The number of nitrogens with one attached hydrogen (secondary N) is 1. The molecule has 3 fully saturated rings. The molecule has 3 aliphatic heterocycles. The summed E-state index contributed by atoms with van der Waals surface area (Å²) in [6, 6.07) is 9.71. The van der Waals surface area contributed by atoms with Crippen LogP contribution in [0, 0.1) is 0 Å². The highest BCUT2D eigenvalue weighted by molar-refractivity contribution is 5.81. The lowest BCUT2D eigenvalue weighted by Crippen LogP contribution is -2.59. The summed E-state index contributed by atoms with van der Waals surface area (Å²) in [7, 11) is 0. The Bertz CT molecular complexity index is 676. The molecule has 1 amide bonds. The van der Waals surface area contributed by atoms with Crippen LogP contribution in [0.2, 0.25) is 0 Å². The molecule has 3 heterocycles. The van der Waals surface area contributed by atoms with E-state index in [1.165, 1.54) is 0 Å². The van der Waals surface area contributed by atoms with Gasteiger partial charge in [-0.25, -0.2) is 0 Å². The predicted octanol–water partition coefficient (Wildman–Crippen LogP) is 1.70. The molecule has 0 bridgehead atoms. The first kappa shape index (κ1) is 17.9. The van der Waals surface area contributed by atoms with Crippen LogP contribution in [-0.2, 0) is 35.0 Å². The summed E-state index contributed by atoms with van der Waals surface area (Å²) in [5, 5.41) is 2.91. The van der Waals surface area contributed by atoms with Crippen molar-refractivity contribution in [3.8, 4) is 0 Å². The van der Waals surface area contributed by atoms with E-state index < -0.39 is 42.3 Å². The standard InChI is InChI=1S/C19H25NO6/c1-18(2)23-12-13(24-18)15-17(26-19(3,4)25-15)22-14(12)16(21)20-10-11-8-6-5-7-9-11/h5-9,12-15,17H,10H2,1-4H3,(H,20,21)/t12-,13-,14+,15+,17-/m0/s1. The first-order chi connectivity index (χ1) is 12.2. The second kappa shape index (κ2) is 6.28. The van der Waals surface area contributed by atoms with Gasteiger partial charge >= 0.3 is 0 Å². The number of carbonyl (C=O) groups excluding carboxylic acids is 1. The lowest BCUT2D eigenvalue weighted by molar-refractivity contribution is -0.231. The third-order valence-electron chi connectivity index (χ3n) is 4.72. The molecule has 1 N–H and O–H groups in total. The molecule has 3 aliphatic rings. The maximum absolute atomic E-state index is 12.8. The molecular formula is C19H25NO6. The van der Waals surface area contributed by atoms with E-state index in [9.17, 15) is 4.79 Å². The molecule has 4 rings (SSSR count). The van der Waals surface area contributed by atoms with Gasteiger partial charge in [-0.1, -0.05) is 30.3 Å². The zero-order valence-electron chi connectivity index (χ0n) is 15.4. The summed E-state index contributed by atoms with van der Waals surface area (Å²) < 4.78 is 29.7. The van der Waals surface area contributed by atoms with Gasteiger partial charge in [-0.2, -0.15) is 0 Å². The minimum absolute atomic E-state index is 0.253. The second-order valence-corrected chi connectivity index (χ2v) is 7.79. The average Bonchev–Trinajstić information content (AvgIpc) is 3.06. The van der Waals surface area contributed by atoms with Crippen molar-refractivity contribution in [1.82, 2.24) is 5.32 Å². The molecule has 0 radical (unpaired) electrons. The monoisotopic (exact) mass is 363 g/mol. The second-order valence-electron chi connectivity index (χ2n) is 7.79. The summed E-state index contributed by atoms with van der Waals surface area (Å²) >= 11 is 0. The Kier molecular flexibility index (Phi) is 4.32. The van der Waals surface area contributed by atoms with E-state index in [1.54, 1.807) is 0 Å². The predicted molar refractivity (Wildman–Crippen MR) is 90.8 cm³/mol. The van der Waals surface area contributed by atoms with Gasteiger partial charge in [0.25, 0.3) is 5.91 Å². The fourth-order valence-corrected chi connectivity index (χ4v) is 3.71. The zero-order valence-corrected chi connectivity index (χ0v) is 15.4. The Morgan fingerprint density at radius 3 is 2.27 bits per heavy atom. The first-order valence-corrected chi connectivity index (χ1v) is 8.92. The molecule has 3 saturated heterocycles. The van der Waals surface area contributed by atoms with Crippen LogP contribution in [0.15, 0.2) is 30.3 Å². The van der Waals surface area contributed by atoms with Crippen LogP contribution < -0.4 is 5.32 Å². The molecule has 142 valence electrons. The van der Waals surface area contributed by atoms with Crippen molar-refractivity contribution in [3.63, 3.8) is 0 Å². The van der Waals surface area contributed by atoms with E-state index in [0.717, 1.165) is 5.56 Å². The van der Waals surface area contributed by atoms with E-state index in [0.29, 0.717) is 6.54 Å². The third-order valence-corrected chi connectivity index (χ3v) is 4.72. The van der Waals surface area contributed by atoms with Gasteiger partial charge in [0, 0.05) is 6.54 Å². The summed E-state index contributed by atoms with van der Waals surface area (Å²) in [6.07, 6.45) is -2.92. The molecule has 0 unspecified atom stereocenters. The van der Waals surface area contributed by atoms with Crippen LogP contribution in [0.1, 0.15) is 33.3 Å². The van der Waals surface area contributed by atoms with Crippen molar-refractivity contribution in [2.75, 3.05) is 0 Å². The van der Waals surface area contributed by atoms with E-state index in [2.05, 4.69) is 5.32 Å². The Labute approximate surface area is 152 Å². The number of ether oxygens (including phenoxy) is 5. The van der Waals surface area contributed by atoms with Gasteiger partial charge in [0.1, 0.15) is 18.3 Å². The van der Waals surface area contributed by atoms with Crippen molar-refractivity contribution >= 4 is 5.91 Å². The van der Waals surface area contributed by atoms with Gasteiger partial charge in [0.2, 0.25) is 0 Å². The fraction of sp³-hybridized carbons (Fsp3) is 0.632. The van der Waals surface area contributed by atoms with E-state index in [1.807, 2.05) is 58.0 Å². The van der Waals surface area contributed by atoms with Crippen LogP contribution in [0.3, 0.4) is 0 Å². The normalized spacial score (nSPS) is 37.0. The summed E-state index contributed by atoms with van der Waals surface area (Å²) in [5.41, 5.74) is 1.01. The molecule has 7 heteroatoms.